The Kier molecular flexibility index (Phi) is 4.70. The van der Waals surface area contributed by atoms with Gasteiger partial charge in [0.2, 0.25) is 0 Å². The maximum atomic E-state index is 13.7. The number of nitro benzene ring substituents is 1. The predicted molar refractivity (Wildman–Crippen MR) is 86.1 cm³/mol. The Morgan fingerprint density at radius 2 is 1.88 bits per heavy atom. The molecule has 0 saturated heterocycles. The zero-order chi connectivity index (χ0) is 18.7. The van der Waals surface area contributed by atoms with Crippen molar-refractivity contribution in [3.8, 4) is 11.3 Å². The highest BCUT2D eigenvalue weighted by atomic mass is 19.1. The smallest absolute Gasteiger partial charge is 0.269 e. The number of nitrogens with zero attached hydrogens (tertiary/aromatic N) is 2. The van der Waals surface area contributed by atoms with Crippen LogP contribution in [0.5, 0.6) is 0 Å². The van der Waals surface area contributed by atoms with Crippen LogP contribution in [0.2, 0.25) is 0 Å². The van der Waals surface area contributed by atoms with E-state index < -0.39 is 22.5 Å². The number of carbonyl (C=O) groups excluding carboxylic acids is 1. The van der Waals surface area contributed by atoms with Gasteiger partial charge < -0.3 is 9.84 Å². The van der Waals surface area contributed by atoms with Crippen LogP contribution >= 0.6 is 0 Å². The van der Waals surface area contributed by atoms with Gasteiger partial charge in [0.25, 0.3) is 11.6 Å². The van der Waals surface area contributed by atoms with Gasteiger partial charge >= 0.3 is 0 Å². The van der Waals surface area contributed by atoms with Crippen LogP contribution in [0.4, 0.5) is 14.5 Å². The largest absolute Gasteiger partial charge is 0.356 e. The summed E-state index contributed by atoms with van der Waals surface area (Å²) in [5.74, 6) is -1.86. The number of nitrogens with one attached hydrogen (secondary N) is 1. The molecule has 2 aromatic carbocycles. The molecule has 1 N–H and O–H groups in total. The molecular formula is C17H11F2N3O4. The quantitative estimate of drug-likeness (QED) is 0.556. The second kappa shape index (κ2) is 7.09. The minimum absolute atomic E-state index is 0.00212. The molecular weight excluding hydrogens is 348 g/mol. The van der Waals surface area contributed by atoms with Crippen LogP contribution in [0.1, 0.15) is 16.1 Å². The van der Waals surface area contributed by atoms with Gasteiger partial charge in [0.05, 0.1) is 17.0 Å². The first-order chi connectivity index (χ1) is 12.4. The molecule has 0 fully saturated rings. The minimum atomic E-state index is -0.789. The van der Waals surface area contributed by atoms with Crippen molar-refractivity contribution in [2.75, 3.05) is 0 Å². The number of hydrogen-bond donors (Lipinski definition) is 1. The first-order valence-electron chi connectivity index (χ1n) is 7.38. The van der Waals surface area contributed by atoms with Crippen LogP contribution in [0, 0.1) is 21.7 Å². The molecule has 3 aromatic rings. The van der Waals surface area contributed by atoms with Gasteiger partial charge in [-0.15, -0.1) is 0 Å². The Morgan fingerprint density at radius 1 is 1.15 bits per heavy atom. The summed E-state index contributed by atoms with van der Waals surface area (Å²) < 4.78 is 31.7. The molecule has 0 spiro atoms. The summed E-state index contributed by atoms with van der Waals surface area (Å²) in [4.78, 5) is 22.1. The van der Waals surface area contributed by atoms with Gasteiger partial charge in [0.1, 0.15) is 17.3 Å². The van der Waals surface area contributed by atoms with Gasteiger partial charge in [-0.1, -0.05) is 5.16 Å². The van der Waals surface area contributed by atoms with Crippen molar-refractivity contribution in [1.29, 1.82) is 0 Å². The molecule has 7 nitrogen and oxygen atoms in total. The fourth-order valence-corrected chi connectivity index (χ4v) is 2.22. The molecule has 9 heteroatoms. The lowest BCUT2D eigenvalue weighted by Gasteiger charge is -2.02. The van der Waals surface area contributed by atoms with Gasteiger partial charge in [0.15, 0.2) is 5.76 Å². The summed E-state index contributed by atoms with van der Waals surface area (Å²) in [5.41, 5.74) is 0.499. The van der Waals surface area contributed by atoms with Crippen molar-refractivity contribution in [1.82, 2.24) is 10.5 Å². The Labute approximate surface area is 145 Å². The zero-order valence-corrected chi connectivity index (χ0v) is 13.1. The van der Waals surface area contributed by atoms with Gasteiger partial charge in [0, 0.05) is 29.8 Å². The van der Waals surface area contributed by atoms with Crippen LogP contribution < -0.4 is 5.32 Å². The molecule has 3 rings (SSSR count). The van der Waals surface area contributed by atoms with Crippen LogP contribution in [0.3, 0.4) is 0 Å². The first-order valence-corrected chi connectivity index (χ1v) is 7.38. The van der Waals surface area contributed by atoms with E-state index in [1.165, 1.54) is 36.4 Å². The number of aromatic nitrogens is 1. The van der Waals surface area contributed by atoms with Gasteiger partial charge in [-0.25, -0.2) is 8.78 Å². The van der Waals surface area contributed by atoms with E-state index in [2.05, 4.69) is 10.5 Å². The number of carbonyl (C=O) groups is 1. The summed E-state index contributed by atoms with van der Waals surface area (Å²) in [6.45, 7) is 0.00212. The van der Waals surface area contributed by atoms with Crippen molar-refractivity contribution in [2.45, 2.75) is 6.54 Å². The Morgan fingerprint density at radius 3 is 2.54 bits per heavy atom. The van der Waals surface area contributed by atoms with E-state index in [1.54, 1.807) is 0 Å². The molecule has 26 heavy (non-hydrogen) atoms. The van der Waals surface area contributed by atoms with E-state index in [0.29, 0.717) is 5.69 Å². The van der Waals surface area contributed by atoms with Gasteiger partial charge in [-0.05, 0) is 24.3 Å². The molecule has 1 heterocycles. The number of benzene rings is 2. The number of non-ortho nitro benzene ring substituents is 1. The molecule has 132 valence electrons. The SMILES string of the molecule is O=C(NCc1cc(-c2ccc(F)cc2F)on1)c1ccc([N+](=O)[O-])cc1. The number of amides is 1. The molecule has 0 atom stereocenters. The van der Waals surface area contributed by atoms with Crippen LogP contribution in [0.15, 0.2) is 53.1 Å². The van der Waals surface area contributed by atoms with E-state index >= 15 is 0 Å². The van der Waals surface area contributed by atoms with Crippen molar-refractivity contribution >= 4 is 11.6 Å². The normalized spacial score (nSPS) is 10.5. The second-order valence-electron chi connectivity index (χ2n) is 5.29. The lowest BCUT2D eigenvalue weighted by Crippen LogP contribution is -2.22. The third kappa shape index (κ3) is 3.72. The van der Waals surface area contributed by atoms with Gasteiger partial charge in [-0.3, -0.25) is 14.9 Å². The zero-order valence-electron chi connectivity index (χ0n) is 13.1. The fourth-order valence-electron chi connectivity index (χ4n) is 2.22. The third-order valence-corrected chi connectivity index (χ3v) is 3.53. The maximum absolute atomic E-state index is 13.7. The summed E-state index contributed by atoms with van der Waals surface area (Å²) in [7, 11) is 0. The van der Waals surface area contributed by atoms with Crippen molar-refractivity contribution in [3.63, 3.8) is 0 Å². The van der Waals surface area contributed by atoms with E-state index in [-0.39, 0.29) is 29.1 Å². The summed E-state index contributed by atoms with van der Waals surface area (Å²) >= 11 is 0. The van der Waals surface area contributed by atoms with Crippen molar-refractivity contribution < 1.29 is 23.0 Å². The molecule has 0 unspecified atom stereocenters. The average molecular weight is 359 g/mol. The summed E-state index contributed by atoms with van der Waals surface area (Å²) in [6.07, 6.45) is 0. The van der Waals surface area contributed by atoms with Crippen LogP contribution in [-0.2, 0) is 6.54 Å². The second-order valence-corrected chi connectivity index (χ2v) is 5.29. The summed E-state index contributed by atoms with van der Waals surface area (Å²) in [5, 5.41) is 16.9. The number of hydrogen-bond acceptors (Lipinski definition) is 5. The maximum Gasteiger partial charge on any atom is 0.269 e. The highest BCUT2D eigenvalue weighted by Crippen LogP contribution is 2.24. The average Bonchev–Trinajstić information content (AvgIpc) is 3.08. The molecule has 0 aliphatic rings. The lowest BCUT2D eigenvalue weighted by atomic mass is 10.1. The fraction of sp³-hybridized carbons (Fsp3) is 0.0588. The van der Waals surface area contributed by atoms with Crippen molar-refractivity contribution in [2.24, 2.45) is 0 Å². The third-order valence-electron chi connectivity index (χ3n) is 3.53. The molecule has 1 amide bonds. The Bertz CT molecular complexity index is 970. The van der Waals surface area contributed by atoms with Crippen LogP contribution in [-0.4, -0.2) is 16.0 Å². The topological polar surface area (TPSA) is 98.3 Å². The highest BCUT2D eigenvalue weighted by molar-refractivity contribution is 5.94. The number of nitro groups is 1. The minimum Gasteiger partial charge on any atom is -0.356 e. The predicted octanol–water partition coefficient (Wildman–Crippen LogP) is 3.46. The van der Waals surface area contributed by atoms with E-state index in [0.717, 1.165) is 12.1 Å². The molecule has 0 aliphatic heterocycles. The molecule has 0 aliphatic carbocycles. The van der Waals surface area contributed by atoms with Gasteiger partial charge in [-0.2, -0.15) is 0 Å². The molecule has 0 radical (unpaired) electrons. The van der Waals surface area contributed by atoms with Crippen molar-refractivity contribution in [3.05, 3.63) is 81.5 Å². The molecule has 0 bridgehead atoms. The van der Waals surface area contributed by atoms with Crippen LogP contribution in [0.25, 0.3) is 11.3 Å². The molecule has 0 saturated carbocycles. The van der Waals surface area contributed by atoms with E-state index in [1.807, 2.05) is 0 Å². The molecule has 1 aromatic heterocycles. The lowest BCUT2D eigenvalue weighted by molar-refractivity contribution is -0.384. The first kappa shape index (κ1) is 17.2. The van der Waals surface area contributed by atoms with E-state index in [9.17, 15) is 23.7 Å². The monoisotopic (exact) mass is 359 g/mol. The number of halogens is 2. The Balaban J connectivity index is 1.66. The number of rotatable bonds is 5. The van der Waals surface area contributed by atoms with E-state index in [4.69, 9.17) is 4.52 Å². The highest BCUT2D eigenvalue weighted by Gasteiger charge is 2.14. The standard InChI is InChI=1S/C17H11F2N3O4/c18-11-3-6-14(15(19)7-11)16-8-12(21-26-16)9-20-17(23)10-1-4-13(5-2-10)22(24)25/h1-8H,9H2,(H,20,23). The summed E-state index contributed by atoms with van der Waals surface area (Å²) in [6, 6.07) is 9.58. The Hall–Kier alpha value is -3.62.